The highest BCUT2D eigenvalue weighted by molar-refractivity contribution is 5.74. The SMILES string of the molecule is CC/C=C\C/C=C\C/C=C\C/C=C\C/C=C\CCCC(=O)OCC(COC1OC(C(=O)O)C(O)C(O)C1OC(=O)CCCCCCC/C=C\C/C=C\CCC)OC(=O)CCCCC/C=C\C/C=C\C/C=C\CC. The van der Waals surface area contributed by atoms with Gasteiger partial charge in [0.1, 0.15) is 18.8 Å². The molecule has 0 aromatic carbocycles. The molecule has 0 aromatic rings. The number of carbonyl (C=O) groups excluding carboxylic acids is 3. The molecule has 0 amide bonds. The van der Waals surface area contributed by atoms with Crippen LogP contribution in [0.25, 0.3) is 0 Å². The lowest BCUT2D eigenvalue weighted by Gasteiger charge is -2.40. The van der Waals surface area contributed by atoms with Gasteiger partial charge in [-0.1, -0.05) is 174 Å². The van der Waals surface area contributed by atoms with E-state index in [0.29, 0.717) is 25.7 Å². The molecule has 0 spiro atoms. The summed E-state index contributed by atoms with van der Waals surface area (Å²) in [6.45, 7) is 5.58. The van der Waals surface area contributed by atoms with Crippen molar-refractivity contribution in [3.05, 3.63) is 122 Å². The number of hydrogen-bond donors (Lipinski definition) is 3. The second-order valence-electron chi connectivity index (χ2n) is 18.1. The van der Waals surface area contributed by atoms with Gasteiger partial charge < -0.3 is 39.0 Å². The molecule has 6 unspecified atom stereocenters. The van der Waals surface area contributed by atoms with Crippen LogP contribution in [0.4, 0.5) is 0 Å². The molecule has 6 atom stereocenters. The fourth-order valence-electron chi connectivity index (χ4n) is 7.34. The highest BCUT2D eigenvalue weighted by atomic mass is 16.7. The molecule has 73 heavy (non-hydrogen) atoms. The van der Waals surface area contributed by atoms with Gasteiger partial charge in [-0.2, -0.15) is 0 Å². The maximum Gasteiger partial charge on any atom is 0.335 e. The molecule has 0 aromatic heterocycles. The van der Waals surface area contributed by atoms with Gasteiger partial charge in [-0.15, -0.1) is 0 Å². The summed E-state index contributed by atoms with van der Waals surface area (Å²) in [5.74, 6) is -3.28. The van der Waals surface area contributed by atoms with Crippen molar-refractivity contribution in [2.24, 2.45) is 0 Å². The summed E-state index contributed by atoms with van der Waals surface area (Å²) in [4.78, 5) is 50.9. The quantitative estimate of drug-likeness (QED) is 0.0228. The molecular formula is C61H94O12. The van der Waals surface area contributed by atoms with Crippen molar-refractivity contribution in [1.82, 2.24) is 0 Å². The van der Waals surface area contributed by atoms with Gasteiger partial charge in [0.15, 0.2) is 24.6 Å². The summed E-state index contributed by atoms with van der Waals surface area (Å²) < 4.78 is 28.2. The van der Waals surface area contributed by atoms with Crippen LogP contribution in [0, 0.1) is 0 Å². The number of unbranched alkanes of at least 4 members (excludes halogenated alkanes) is 10. The summed E-state index contributed by atoms with van der Waals surface area (Å²) >= 11 is 0. The monoisotopic (exact) mass is 1020 g/mol. The largest absolute Gasteiger partial charge is 0.479 e. The average Bonchev–Trinajstić information content (AvgIpc) is 3.37. The number of hydrogen-bond acceptors (Lipinski definition) is 11. The minimum atomic E-state index is -1.92. The summed E-state index contributed by atoms with van der Waals surface area (Å²) in [5, 5.41) is 31.4. The third-order valence-electron chi connectivity index (χ3n) is 11.5. The molecule has 0 radical (unpaired) electrons. The van der Waals surface area contributed by atoms with Crippen LogP contribution in [-0.2, 0) is 42.9 Å². The normalized spacial score (nSPS) is 19.3. The van der Waals surface area contributed by atoms with E-state index in [1.807, 2.05) is 12.2 Å². The standard InChI is InChI=1S/C61H94O12/c1-4-7-10-13-16-19-22-25-26-27-28-31-32-35-38-41-44-47-53(62)69-50-52(71-54(63)48-45-42-39-36-33-29-23-20-17-14-11-8-5-2)51-70-61-59(57(66)56(65)58(73-61)60(67)68)72-55(64)49-46-43-40-37-34-30-24-21-18-15-12-9-6-3/h7-8,10-12,15-17,19-21,24-26,28-29,31,33,35,38,52,56-59,61,65-66H,4-6,9,13-14,18,22-23,27,30,32,34,36-37,39-51H2,1-3H3,(H,67,68)/b10-7-,11-8-,15-12-,19-16-,20-17-,24-21-,26-25-,31-28-,33-29-,38-35-. The van der Waals surface area contributed by atoms with Crippen LogP contribution in [0.15, 0.2) is 122 Å². The van der Waals surface area contributed by atoms with Crippen molar-refractivity contribution in [3.63, 3.8) is 0 Å². The molecular weight excluding hydrogens is 925 g/mol. The van der Waals surface area contributed by atoms with E-state index in [-0.39, 0.29) is 25.9 Å². The van der Waals surface area contributed by atoms with E-state index in [1.54, 1.807) is 0 Å². The van der Waals surface area contributed by atoms with Gasteiger partial charge in [-0.3, -0.25) is 14.4 Å². The fraction of sp³-hybridized carbons (Fsp3) is 0.607. The minimum Gasteiger partial charge on any atom is -0.479 e. The number of ether oxygens (including phenoxy) is 5. The van der Waals surface area contributed by atoms with Gasteiger partial charge in [-0.25, -0.2) is 4.79 Å². The highest BCUT2D eigenvalue weighted by Crippen LogP contribution is 2.26. The number of carboxylic acid groups (broad SMARTS) is 1. The van der Waals surface area contributed by atoms with Gasteiger partial charge in [0, 0.05) is 19.3 Å². The van der Waals surface area contributed by atoms with Crippen molar-refractivity contribution in [2.75, 3.05) is 13.2 Å². The van der Waals surface area contributed by atoms with Crippen LogP contribution in [0.3, 0.4) is 0 Å². The molecule has 1 rings (SSSR count). The lowest BCUT2D eigenvalue weighted by atomic mass is 9.98. The number of carboxylic acids is 1. The van der Waals surface area contributed by atoms with Gasteiger partial charge in [0.25, 0.3) is 0 Å². The maximum absolute atomic E-state index is 13.1. The Labute approximate surface area is 439 Å². The number of aliphatic hydroxyl groups is 2. The van der Waals surface area contributed by atoms with Crippen LogP contribution < -0.4 is 0 Å². The molecule has 1 aliphatic rings. The lowest BCUT2D eigenvalue weighted by Crippen LogP contribution is -2.61. The van der Waals surface area contributed by atoms with E-state index in [0.717, 1.165) is 122 Å². The molecule has 1 saturated heterocycles. The molecule has 0 bridgehead atoms. The first-order valence-electron chi connectivity index (χ1n) is 27.5. The van der Waals surface area contributed by atoms with Crippen LogP contribution in [0.5, 0.6) is 0 Å². The summed E-state index contributed by atoms with van der Waals surface area (Å²) in [7, 11) is 0. The molecule has 1 heterocycles. The van der Waals surface area contributed by atoms with Gasteiger partial charge in [-0.05, 0) is 116 Å². The van der Waals surface area contributed by atoms with E-state index < -0.39 is 67.3 Å². The number of aliphatic carboxylic acids is 1. The number of aliphatic hydroxyl groups excluding tert-OH is 2. The number of esters is 3. The Kier molecular flexibility index (Phi) is 43.6. The average molecular weight is 1020 g/mol. The van der Waals surface area contributed by atoms with Crippen LogP contribution in [0.2, 0.25) is 0 Å². The third-order valence-corrected chi connectivity index (χ3v) is 11.5. The predicted octanol–water partition coefficient (Wildman–Crippen LogP) is 13.7. The van der Waals surface area contributed by atoms with E-state index in [2.05, 4.69) is 130 Å². The van der Waals surface area contributed by atoms with E-state index in [9.17, 15) is 34.5 Å². The molecule has 1 aliphatic heterocycles. The Hall–Kier alpha value is -4.88. The predicted molar refractivity (Wildman–Crippen MR) is 293 cm³/mol. The van der Waals surface area contributed by atoms with Gasteiger partial charge in [0.2, 0.25) is 0 Å². The Balaban J connectivity index is 2.79. The number of carbonyl (C=O) groups is 4. The van der Waals surface area contributed by atoms with Gasteiger partial charge in [0.05, 0.1) is 6.61 Å². The molecule has 410 valence electrons. The van der Waals surface area contributed by atoms with Crippen molar-refractivity contribution in [2.45, 2.75) is 225 Å². The highest BCUT2D eigenvalue weighted by Gasteiger charge is 2.50. The smallest absolute Gasteiger partial charge is 0.335 e. The third kappa shape index (κ3) is 38.4. The van der Waals surface area contributed by atoms with Crippen molar-refractivity contribution in [1.29, 1.82) is 0 Å². The first-order valence-corrected chi connectivity index (χ1v) is 27.5. The van der Waals surface area contributed by atoms with E-state index in [1.165, 1.54) is 0 Å². The van der Waals surface area contributed by atoms with Crippen molar-refractivity contribution < 1.29 is 58.2 Å². The Morgan fingerprint density at radius 3 is 1.37 bits per heavy atom. The summed E-state index contributed by atoms with van der Waals surface area (Å²) in [6.07, 6.45) is 53.3. The zero-order chi connectivity index (χ0) is 53.3. The lowest BCUT2D eigenvalue weighted by molar-refractivity contribution is -0.301. The Morgan fingerprint density at radius 1 is 0.466 bits per heavy atom. The van der Waals surface area contributed by atoms with Crippen molar-refractivity contribution >= 4 is 23.9 Å². The fourth-order valence-corrected chi connectivity index (χ4v) is 7.34. The molecule has 12 heteroatoms. The topological polar surface area (TPSA) is 175 Å². The van der Waals surface area contributed by atoms with E-state index in [4.69, 9.17) is 23.7 Å². The van der Waals surface area contributed by atoms with Crippen LogP contribution >= 0.6 is 0 Å². The van der Waals surface area contributed by atoms with Crippen LogP contribution in [0.1, 0.15) is 188 Å². The van der Waals surface area contributed by atoms with Gasteiger partial charge >= 0.3 is 23.9 Å². The second-order valence-corrected chi connectivity index (χ2v) is 18.1. The molecule has 1 fully saturated rings. The second kappa shape index (κ2) is 48.1. The van der Waals surface area contributed by atoms with Crippen molar-refractivity contribution in [3.8, 4) is 0 Å². The molecule has 0 saturated carbocycles. The number of rotatable bonds is 44. The van der Waals surface area contributed by atoms with E-state index >= 15 is 0 Å². The minimum absolute atomic E-state index is 0.0283. The zero-order valence-electron chi connectivity index (χ0n) is 44.8. The summed E-state index contributed by atoms with van der Waals surface area (Å²) in [6, 6.07) is 0. The molecule has 3 N–H and O–H groups in total. The maximum atomic E-state index is 13.1. The Morgan fingerprint density at radius 2 is 0.877 bits per heavy atom. The zero-order valence-corrected chi connectivity index (χ0v) is 44.8. The molecule has 0 aliphatic carbocycles. The molecule has 12 nitrogen and oxygen atoms in total. The summed E-state index contributed by atoms with van der Waals surface area (Å²) in [5.41, 5.74) is 0. The Bertz CT molecular complexity index is 1730. The van der Waals surface area contributed by atoms with Crippen LogP contribution in [-0.4, -0.2) is 89.2 Å². The number of allylic oxidation sites excluding steroid dienone is 20. The first kappa shape index (κ1) is 66.1. The first-order chi connectivity index (χ1) is 35.6.